The summed E-state index contributed by atoms with van der Waals surface area (Å²) < 4.78 is 2.96. The molecule has 5 heteroatoms. The second-order valence-electron chi connectivity index (χ2n) is 5.64. The van der Waals surface area contributed by atoms with Crippen LogP contribution >= 0.6 is 23.8 Å². The summed E-state index contributed by atoms with van der Waals surface area (Å²) in [4.78, 5) is 5.65. The number of H-pyrrole nitrogens is 1. The molecule has 0 amide bonds. The first-order valence-electron chi connectivity index (χ1n) is 6.79. The molecular formula is C15H18ClN3S. The number of rotatable bonds is 2. The molecule has 0 bridgehead atoms. The monoisotopic (exact) mass is 307 g/mol. The average Bonchev–Trinajstić information content (AvgIpc) is 2.65. The van der Waals surface area contributed by atoms with Crippen molar-refractivity contribution in [3.05, 3.63) is 33.6 Å². The van der Waals surface area contributed by atoms with Gasteiger partial charge < -0.3 is 14.5 Å². The summed E-state index contributed by atoms with van der Waals surface area (Å²) in [7, 11) is 0. The molecule has 0 fully saturated rings. The zero-order valence-electron chi connectivity index (χ0n) is 11.9. The van der Waals surface area contributed by atoms with E-state index < -0.39 is 0 Å². The van der Waals surface area contributed by atoms with Crippen molar-refractivity contribution in [3.8, 4) is 0 Å². The molecule has 2 aromatic rings. The Balaban J connectivity index is 2.22. The molecule has 0 aliphatic carbocycles. The van der Waals surface area contributed by atoms with Crippen LogP contribution in [-0.4, -0.2) is 22.1 Å². The Hall–Kier alpha value is -1.26. The van der Waals surface area contributed by atoms with Gasteiger partial charge in [0.1, 0.15) is 0 Å². The fourth-order valence-electron chi connectivity index (χ4n) is 2.80. The number of allylic oxidation sites excluding steroid dienone is 1. The molecule has 1 aromatic carbocycles. The van der Waals surface area contributed by atoms with Gasteiger partial charge in [-0.2, -0.15) is 0 Å². The van der Waals surface area contributed by atoms with Crippen molar-refractivity contribution in [1.82, 2.24) is 9.55 Å². The highest BCUT2D eigenvalue weighted by atomic mass is 35.5. The van der Waals surface area contributed by atoms with Crippen LogP contribution in [0.15, 0.2) is 23.8 Å². The molecule has 0 saturated carbocycles. The van der Waals surface area contributed by atoms with Gasteiger partial charge in [0.2, 0.25) is 0 Å². The lowest BCUT2D eigenvalue weighted by atomic mass is 10.1. The molecule has 0 spiro atoms. The maximum atomic E-state index is 6.26. The van der Waals surface area contributed by atoms with E-state index in [4.69, 9.17) is 23.8 Å². The lowest BCUT2D eigenvalue weighted by molar-refractivity contribution is 0.540. The highest BCUT2D eigenvalue weighted by Gasteiger charge is 2.25. The number of aromatic nitrogens is 2. The third-order valence-electron chi connectivity index (χ3n) is 3.80. The second kappa shape index (κ2) is 4.93. The number of anilines is 1. The molecule has 1 N–H and O–H groups in total. The van der Waals surface area contributed by atoms with E-state index in [0.717, 1.165) is 34.1 Å². The van der Waals surface area contributed by atoms with Gasteiger partial charge in [0.15, 0.2) is 4.77 Å². The number of aromatic amines is 1. The molecule has 0 saturated heterocycles. The van der Waals surface area contributed by atoms with E-state index in [0.29, 0.717) is 6.04 Å². The summed E-state index contributed by atoms with van der Waals surface area (Å²) in [5, 5.41) is 0.743. The van der Waals surface area contributed by atoms with E-state index in [1.807, 2.05) is 12.1 Å². The first-order chi connectivity index (χ1) is 9.47. The molecule has 1 aliphatic heterocycles. The van der Waals surface area contributed by atoms with Gasteiger partial charge in [-0.05, 0) is 45.1 Å². The maximum absolute atomic E-state index is 6.26. The van der Waals surface area contributed by atoms with Crippen LogP contribution in [0.25, 0.3) is 11.0 Å². The minimum atomic E-state index is 0.391. The predicted octanol–water partition coefficient (Wildman–Crippen LogP) is 4.53. The molecule has 1 atom stereocenters. The van der Waals surface area contributed by atoms with Gasteiger partial charge in [0.05, 0.1) is 16.7 Å². The third-order valence-corrected chi connectivity index (χ3v) is 4.34. The lowest BCUT2D eigenvalue weighted by Gasteiger charge is -2.35. The van der Waals surface area contributed by atoms with E-state index in [2.05, 4.69) is 41.3 Å². The Bertz CT molecular complexity index is 752. The minimum absolute atomic E-state index is 0.391. The number of benzene rings is 1. The molecule has 2 heterocycles. The Morgan fingerprint density at radius 3 is 2.95 bits per heavy atom. The Kier molecular flexibility index (Phi) is 3.38. The van der Waals surface area contributed by atoms with Crippen LogP contribution in [0, 0.1) is 4.77 Å². The topological polar surface area (TPSA) is 24.0 Å². The van der Waals surface area contributed by atoms with Gasteiger partial charge in [0.25, 0.3) is 0 Å². The van der Waals surface area contributed by atoms with Gasteiger partial charge in [-0.1, -0.05) is 23.3 Å². The zero-order valence-corrected chi connectivity index (χ0v) is 13.5. The van der Waals surface area contributed by atoms with Gasteiger partial charge in [0, 0.05) is 24.2 Å². The molecule has 20 heavy (non-hydrogen) atoms. The van der Waals surface area contributed by atoms with Crippen LogP contribution in [-0.2, 0) is 6.54 Å². The van der Waals surface area contributed by atoms with E-state index >= 15 is 0 Å². The molecular weight excluding hydrogens is 290 g/mol. The first-order valence-corrected chi connectivity index (χ1v) is 7.58. The molecule has 0 radical (unpaired) electrons. The minimum Gasteiger partial charge on any atom is -0.362 e. The van der Waals surface area contributed by atoms with Gasteiger partial charge in [-0.3, -0.25) is 0 Å². The lowest BCUT2D eigenvalue weighted by Crippen LogP contribution is -2.39. The van der Waals surface area contributed by atoms with Crippen molar-refractivity contribution >= 4 is 40.5 Å². The summed E-state index contributed by atoms with van der Waals surface area (Å²) in [5.41, 5.74) is 4.68. The van der Waals surface area contributed by atoms with E-state index in [-0.39, 0.29) is 0 Å². The van der Waals surface area contributed by atoms with Crippen molar-refractivity contribution in [3.63, 3.8) is 0 Å². The van der Waals surface area contributed by atoms with Crippen molar-refractivity contribution < 1.29 is 0 Å². The third kappa shape index (κ3) is 2.17. The van der Waals surface area contributed by atoms with E-state index in [1.54, 1.807) is 0 Å². The summed E-state index contributed by atoms with van der Waals surface area (Å²) in [6.07, 6.45) is 2.25. The smallest absolute Gasteiger partial charge is 0.178 e. The molecule has 106 valence electrons. The van der Waals surface area contributed by atoms with Crippen molar-refractivity contribution in [2.45, 2.75) is 33.4 Å². The molecule has 3 nitrogen and oxygen atoms in total. The van der Waals surface area contributed by atoms with E-state index in [1.165, 1.54) is 11.1 Å². The number of nitrogens with one attached hydrogen (secondary N) is 1. The highest BCUT2D eigenvalue weighted by Crippen LogP contribution is 2.35. The number of nitrogens with zero attached hydrogens (tertiary/aromatic N) is 2. The van der Waals surface area contributed by atoms with Crippen LogP contribution < -0.4 is 4.90 Å². The number of hydrogen-bond donors (Lipinski definition) is 1. The van der Waals surface area contributed by atoms with Gasteiger partial charge in [-0.15, -0.1) is 0 Å². The van der Waals surface area contributed by atoms with Crippen LogP contribution in [0.5, 0.6) is 0 Å². The van der Waals surface area contributed by atoms with Crippen LogP contribution in [0.4, 0.5) is 5.69 Å². The molecule has 0 unspecified atom stereocenters. The van der Waals surface area contributed by atoms with Crippen LogP contribution in [0.1, 0.15) is 20.8 Å². The van der Waals surface area contributed by atoms with Gasteiger partial charge >= 0.3 is 0 Å². The summed E-state index contributed by atoms with van der Waals surface area (Å²) in [6.45, 7) is 8.28. The van der Waals surface area contributed by atoms with Crippen molar-refractivity contribution in [2.75, 3.05) is 11.4 Å². The largest absolute Gasteiger partial charge is 0.362 e. The number of hydrogen-bond acceptors (Lipinski definition) is 2. The zero-order chi connectivity index (χ0) is 14.4. The van der Waals surface area contributed by atoms with Crippen molar-refractivity contribution in [2.24, 2.45) is 0 Å². The SMILES string of the molecule is CC(C)=CCN1c2cc(Cl)cc3[nH]c(=S)n(c23)C[C@@H]1C. The summed E-state index contributed by atoms with van der Waals surface area (Å²) in [5.74, 6) is 0. The molecule has 1 aromatic heterocycles. The standard InChI is InChI=1S/C15H18ClN3S/c1-9(2)4-5-18-10(3)8-19-14-12(17-15(19)20)6-11(16)7-13(14)18/h4,6-7,10H,5,8H2,1-3H3,(H,17,20)/t10-/m0/s1. The number of halogens is 1. The van der Waals surface area contributed by atoms with Crippen LogP contribution in [0.3, 0.4) is 0 Å². The average molecular weight is 308 g/mol. The normalized spacial score (nSPS) is 17.6. The van der Waals surface area contributed by atoms with Crippen molar-refractivity contribution in [1.29, 1.82) is 0 Å². The predicted molar refractivity (Wildman–Crippen MR) is 88.4 cm³/mol. The van der Waals surface area contributed by atoms with Gasteiger partial charge in [-0.25, -0.2) is 0 Å². The molecule has 3 rings (SSSR count). The maximum Gasteiger partial charge on any atom is 0.178 e. The number of imidazole rings is 1. The quantitative estimate of drug-likeness (QED) is 0.651. The fraction of sp³-hybridized carbons (Fsp3) is 0.400. The summed E-state index contributed by atoms with van der Waals surface area (Å²) in [6, 6.07) is 4.38. The Labute approximate surface area is 128 Å². The fourth-order valence-corrected chi connectivity index (χ4v) is 3.29. The Morgan fingerprint density at radius 2 is 2.25 bits per heavy atom. The first kappa shape index (κ1) is 13.7. The highest BCUT2D eigenvalue weighted by molar-refractivity contribution is 7.71. The summed E-state index contributed by atoms with van der Waals surface area (Å²) >= 11 is 11.7. The second-order valence-corrected chi connectivity index (χ2v) is 6.47. The molecule has 1 aliphatic rings. The van der Waals surface area contributed by atoms with Crippen LogP contribution in [0.2, 0.25) is 5.02 Å². The van der Waals surface area contributed by atoms with E-state index in [9.17, 15) is 0 Å². The Morgan fingerprint density at radius 1 is 1.50 bits per heavy atom.